The number of ether oxygens (including phenoxy) is 2. The maximum Gasteiger partial charge on any atom is 0.127 e. The summed E-state index contributed by atoms with van der Waals surface area (Å²) in [6.07, 6.45) is 5.32. The summed E-state index contributed by atoms with van der Waals surface area (Å²) in [6.45, 7) is 6.08. The molecule has 0 aromatic heterocycles. The van der Waals surface area contributed by atoms with Crippen molar-refractivity contribution >= 4 is 0 Å². The molecule has 0 spiro atoms. The molecule has 1 unspecified atom stereocenters. The molecule has 3 nitrogen and oxygen atoms in total. The standard InChI is InChI=1S/C17H27NO2/c1-4-18-13(2)16-10-9-15(19-3)11-17(16)20-12-14-7-5-6-8-14/h9-11,13-14,18H,4-8,12H2,1-3H3. The van der Waals surface area contributed by atoms with Gasteiger partial charge in [-0.25, -0.2) is 0 Å². The molecule has 1 atom stereocenters. The Morgan fingerprint density at radius 2 is 2.05 bits per heavy atom. The molecule has 1 aromatic rings. The number of rotatable bonds is 7. The predicted molar refractivity (Wildman–Crippen MR) is 82.5 cm³/mol. The molecule has 3 heteroatoms. The highest BCUT2D eigenvalue weighted by molar-refractivity contribution is 5.42. The van der Waals surface area contributed by atoms with Crippen molar-refractivity contribution in [1.29, 1.82) is 0 Å². The molecule has 0 radical (unpaired) electrons. The van der Waals surface area contributed by atoms with Gasteiger partial charge in [0, 0.05) is 17.7 Å². The van der Waals surface area contributed by atoms with Crippen LogP contribution < -0.4 is 14.8 Å². The molecule has 1 aliphatic rings. The van der Waals surface area contributed by atoms with Crippen LogP contribution in [0.25, 0.3) is 0 Å². The minimum Gasteiger partial charge on any atom is -0.497 e. The van der Waals surface area contributed by atoms with Crippen molar-refractivity contribution in [3.63, 3.8) is 0 Å². The van der Waals surface area contributed by atoms with Crippen LogP contribution in [0, 0.1) is 5.92 Å². The monoisotopic (exact) mass is 277 g/mol. The third kappa shape index (κ3) is 3.89. The van der Waals surface area contributed by atoms with Crippen LogP contribution in [0.15, 0.2) is 18.2 Å². The third-order valence-electron chi connectivity index (χ3n) is 4.15. The minimum atomic E-state index is 0.296. The van der Waals surface area contributed by atoms with Crippen LogP contribution in [-0.4, -0.2) is 20.3 Å². The summed E-state index contributed by atoms with van der Waals surface area (Å²) in [6, 6.07) is 6.42. The van der Waals surface area contributed by atoms with Gasteiger partial charge >= 0.3 is 0 Å². The van der Waals surface area contributed by atoms with Crippen molar-refractivity contribution in [2.45, 2.75) is 45.6 Å². The molecule has 0 aliphatic heterocycles. The summed E-state index contributed by atoms with van der Waals surface area (Å²) < 4.78 is 11.4. The Hall–Kier alpha value is -1.22. The van der Waals surface area contributed by atoms with E-state index in [-0.39, 0.29) is 0 Å². The maximum atomic E-state index is 6.11. The lowest BCUT2D eigenvalue weighted by atomic mass is 10.1. The van der Waals surface area contributed by atoms with Crippen LogP contribution in [0.1, 0.15) is 51.1 Å². The molecule has 1 saturated carbocycles. The highest BCUT2D eigenvalue weighted by Crippen LogP contribution is 2.31. The Balaban J connectivity index is 2.09. The molecule has 1 aliphatic carbocycles. The molecule has 1 fully saturated rings. The second kappa shape index (κ2) is 7.53. The van der Waals surface area contributed by atoms with Crippen molar-refractivity contribution < 1.29 is 9.47 Å². The van der Waals surface area contributed by atoms with E-state index in [0.29, 0.717) is 6.04 Å². The predicted octanol–water partition coefficient (Wildman–Crippen LogP) is 3.93. The molecule has 1 N–H and O–H groups in total. The smallest absolute Gasteiger partial charge is 0.127 e. The highest BCUT2D eigenvalue weighted by Gasteiger charge is 2.18. The minimum absolute atomic E-state index is 0.296. The van der Waals surface area contributed by atoms with Gasteiger partial charge in [0.15, 0.2) is 0 Å². The fraction of sp³-hybridized carbons (Fsp3) is 0.647. The second-order valence-corrected chi connectivity index (χ2v) is 5.64. The van der Waals surface area contributed by atoms with Gasteiger partial charge in [0.1, 0.15) is 11.5 Å². The molecule has 0 saturated heterocycles. The fourth-order valence-electron chi connectivity index (χ4n) is 2.93. The van der Waals surface area contributed by atoms with Crippen molar-refractivity contribution in [3.05, 3.63) is 23.8 Å². The summed E-state index contributed by atoms with van der Waals surface area (Å²) in [5, 5.41) is 3.45. The van der Waals surface area contributed by atoms with Gasteiger partial charge in [0.05, 0.1) is 13.7 Å². The highest BCUT2D eigenvalue weighted by atomic mass is 16.5. The Morgan fingerprint density at radius 3 is 2.70 bits per heavy atom. The summed E-state index contributed by atoms with van der Waals surface area (Å²) in [4.78, 5) is 0. The SMILES string of the molecule is CCNC(C)c1ccc(OC)cc1OCC1CCCC1. The number of hydrogen-bond acceptors (Lipinski definition) is 3. The van der Waals surface area contributed by atoms with E-state index in [1.165, 1.54) is 31.2 Å². The van der Waals surface area contributed by atoms with Crippen molar-refractivity contribution in [2.24, 2.45) is 5.92 Å². The first-order valence-electron chi connectivity index (χ1n) is 7.78. The van der Waals surface area contributed by atoms with Crippen molar-refractivity contribution in [3.8, 4) is 11.5 Å². The average Bonchev–Trinajstić information content (AvgIpc) is 2.98. The van der Waals surface area contributed by atoms with Crippen molar-refractivity contribution in [1.82, 2.24) is 5.32 Å². The molecule has 0 bridgehead atoms. The van der Waals surface area contributed by atoms with Gasteiger partial charge in [0.25, 0.3) is 0 Å². The van der Waals surface area contributed by atoms with Crippen LogP contribution in [0.5, 0.6) is 11.5 Å². The molecule has 0 heterocycles. The lowest BCUT2D eigenvalue weighted by Gasteiger charge is -2.20. The molecule has 112 valence electrons. The van der Waals surface area contributed by atoms with Crippen LogP contribution in [0.2, 0.25) is 0 Å². The number of methoxy groups -OCH3 is 1. The van der Waals surface area contributed by atoms with Crippen LogP contribution >= 0.6 is 0 Å². The van der Waals surface area contributed by atoms with E-state index in [1.807, 2.05) is 12.1 Å². The Kier molecular flexibility index (Phi) is 5.72. The Bertz CT molecular complexity index is 413. The molecule has 0 amide bonds. The molecule has 20 heavy (non-hydrogen) atoms. The Labute approximate surface area is 122 Å². The molecular weight excluding hydrogens is 250 g/mol. The van der Waals surface area contributed by atoms with E-state index < -0.39 is 0 Å². The van der Waals surface area contributed by atoms with Gasteiger partial charge in [-0.2, -0.15) is 0 Å². The molecular formula is C17H27NO2. The number of benzene rings is 1. The quantitative estimate of drug-likeness (QED) is 0.819. The average molecular weight is 277 g/mol. The lowest BCUT2D eigenvalue weighted by Crippen LogP contribution is -2.19. The first kappa shape index (κ1) is 15.2. The van der Waals surface area contributed by atoms with Crippen LogP contribution in [0.4, 0.5) is 0 Å². The third-order valence-corrected chi connectivity index (χ3v) is 4.15. The summed E-state index contributed by atoms with van der Waals surface area (Å²) in [7, 11) is 1.70. The van der Waals surface area contributed by atoms with E-state index >= 15 is 0 Å². The van der Waals surface area contributed by atoms with Crippen LogP contribution in [0.3, 0.4) is 0 Å². The summed E-state index contributed by atoms with van der Waals surface area (Å²) in [5.41, 5.74) is 1.21. The van der Waals surface area contributed by atoms with Gasteiger partial charge in [-0.1, -0.05) is 25.8 Å². The topological polar surface area (TPSA) is 30.5 Å². The zero-order chi connectivity index (χ0) is 14.4. The van der Waals surface area contributed by atoms with E-state index in [4.69, 9.17) is 9.47 Å². The maximum absolute atomic E-state index is 6.11. The largest absolute Gasteiger partial charge is 0.497 e. The zero-order valence-corrected chi connectivity index (χ0v) is 12.9. The fourth-order valence-corrected chi connectivity index (χ4v) is 2.93. The van der Waals surface area contributed by atoms with Gasteiger partial charge in [-0.05, 0) is 38.3 Å². The molecule has 1 aromatic carbocycles. The van der Waals surface area contributed by atoms with Gasteiger partial charge in [-0.3, -0.25) is 0 Å². The summed E-state index contributed by atoms with van der Waals surface area (Å²) in [5.74, 6) is 2.55. The Morgan fingerprint density at radius 1 is 1.30 bits per heavy atom. The van der Waals surface area contributed by atoms with Gasteiger partial charge < -0.3 is 14.8 Å². The van der Waals surface area contributed by atoms with Crippen molar-refractivity contribution in [2.75, 3.05) is 20.3 Å². The zero-order valence-electron chi connectivity index (χ0n) is 12.9. The van der Waals surface area contributed by atoms with E-state index in [1.54, 1.807) is 7.11 Å². The molecule has 2 rings (SSSR count). The van der Waals surface area contributed by atoms with Crippen LogP contribution in [-0.2, 0) is 0 Å². The van der Waals surface area contributed by atoms with Gasteiger partial charge in [-0.15, -0.1) is 0 Å². The normalized spacial score (nSPS) is 17.1. The summed E-state index contributed by atoms with van der Waals surface area (Å²) >= 11 is 0. The second-order valence-electron chi connectivity index (χ2n) is 5.64. The number of nitrogens with one attached hydrogen (secondary N) is 1. The van der Waals surface area contributed by atoms with E-state index in [0.717, 1.165) is 30.6 Å². The van der Waals surface area contributed by atoms with Gasteiger partial charge in [0.2, 0.25) is 0 Å². The lowest BCUT2D eigenvalue weighted by molar-refractivity contribution is 0.247. The van der Waals surface area contributed by atoms with E-state index in [9.17, 15) is 0 Å². The first-order chi connectivity index (χ1) is 9.74. The first-order valence-corrected chi connectivity index (χ1v) is 7.78. The van der Waals surface area contributed by atoms with E-state index in [2.05, 4.69) is 25.2 Å². The number of hydrogen-bond donors (Lipinski definition) is 1.